The number of furan rings is 1. The molecule has 20 heavy (non-hydrogen) atoms. The molecular formula is C14H13ClFNO2S. The molecule has 2 rings (SSSR count). The van der Waals surface area contributed by atoms with E-state index in [4.69, 9.17) is 16.0 Å². The summed E-state index contributed by atoms with van der Waals surface area (Å²) in [6.45, 7) is 0.379. The minimum absolute atomic E-state index is 0.0790. The van der Waals surface area contributed by atoms with Gasteiger partial charge in [-0.2, -0.15) is 0 Å². The third kappa shape index (κ3) is 4.58. The lowest BCUT2D eigenvalue weighted by molar-refractivity contribution is -0.118. The molecule has 1 heterocycles. The third-order valence-corrected chi connectivity index (χ3v) is 3.88. The topological polar surface area (TPSA) is 42.2 Å². The highest BCUT2D eigenvalue weighted by atomic mass is 35.5. The molecule has 0 saturated carbocycles. The monoisotopic (exact) mass is 313 g/mol. The molecule has 0 aliphatic rings. The van der Waals surface area contributed by atoms with Crippen molar-refractivity contribution in [1.29, 1.82) is 0 Å². The van der Waals surface area contributed by atoms with Crippen molar-refractivity contribution in [3.05, 3.63) is 58.8 Å². The number of carbonyl (C=O) groups is 1. The summed E-state index contributed by atoms with van der Waals surface area (Å²) < 4.78 is 18.0. The lowest BCUT2D eigenvalue weighted by Gasteiger charge is -2.05. The molecule has 0 aliphatic carbocycles. The van der Waals surface area contributed by atoms with E-state index in [2.05, 4.69) is 5.32 Å². The molecule has 1 amide bonds. The normalized spacial score (nSPS) is 10.5. The molecular weight excluding hydrogens is 301 g/mol. The Bertz CT molecular complexity index is 575. The molecule has 0 unspecified atom stereocenters. The Morgan fingerprint density at radius 2 is 2.25 bits per heavy atom. The second-order valence-electron chi connectivity index (χ2n) is 4.08. The summed E-state index contributed by atoms with van der Waals surface area (Å²) in [4.78, 5) is 11.6. The molecule has 0 bridgehead atoms. The van der Waals surface area contributed by atoms with E-state index in [1.54, 1.807) is 24.5 Å². The van der Waals surface area contributed by atoms with E-state index in [0.717, 1.165) is 5.56 Å². The summed E-state index contributed by atoms with van der Waals surface area (Å²) in [5.41, 5.74) is 0.817. The van der Waals surface area contributed by atoms with Crippen molar-refractivity contribution >= 4 is 29.3 Å². The van der Waals surface area contributed by atoms with Gasteiger partial charge in [-0.25, -0.2) is 4.39 Å². The Hall–Kier alpha value is -1.46. The fourth-order valence-corrected chi connectivity index (χ4v) is 2.72. The molecule has 0 spiro atoms. The SMILES string of the molecule is O=C(CSCc1ccc(F)cc1Cl)NCc1ccco1. The van der Waals surface area contributed by atoms with Crippen LogP contribution in [-0.2, 0) is 17.1 Å². The van der Waals surface area contributed by atoms with Crippen LogP contribution in [0.25, 0.3) is 0 Å². The van der Waals surface area contributed by atoms with Gasteiger partial charge in [-0.3, -0.25) is 4.79 Å². The van der Waals surface area contributed by atoms with Crippen LogP contribution in [0.2, 0.25) is 5.02 Å². The van der Waals surface area contributed by atoms with E-state index in [9.17, 15) is 9.18 Å². The zero-order valence-electron chi connectivity index (χ0n) is 10.6. The van der Waals surface area contributed by atoms with Crippen molar-refractivity contribution in [2.75, 3.05) is 5.75 Å². The van der Waals surface area contributed by atoms with E-state index in [1.165, 1.54) is 23.9 Å². The van der Waals surface area contributed by atoms with Crippen molar-refractivity contribution < 1.29 is 13.6 Å². The van der Waals surface area contributed by atoms with Crippen molar-refractivity contribution in [3.63, 3.8) is 0 Å². The van der Waals surface area contributed by atoms with E-state index in [0.29, 0.717) is 28.8 Å². The van der Waals surface area contributed by atoms with Crippen LogP contribution in [0, 0.1) is 5.82 Å². The van der Waals surface area contributed by atoms with Gasteiger partial charge in [0, 0.05) is 10.8 Å². The van der Waals surface area contributed by atoms with Gasteiger partial charge in [-0.1, -0.05) is 17.7 Å². The minimum atomic E-state index is -0.361. The van der Waals surface area contributed by atoms with Gasteiger partial charge < -0.3 is 9.73 Å². The number of thioether (sulfide) groups is 1. The maximum atomic E-state index is 12.9. The van der Waals surface area contributed by atoms with E-state index in [1.807, 2.05) is 0 Å². The highest BCUT2D eigenvalue weighted by Gasteiger charge is 2.06. The Morgan fingerprint density at radius 3 is 2.95 bits per heavy atom. The summed E-state index contributed by atoms with van der Waals surface area (Å²) in [6.07, 6.45) is 1.56. The minimum Gasteiger partial charge on any atom is -0.467 e. The maximum absolute atomic E-state index is 12.9. The first-order chi connectivity index (χ1) is 9.65. The Balaban J connectivity index is 1.71. The number of nitrogens with one attached hydrogen (secondary N) is 1. The van der Waals surface area contributed by atoms with Crippen molar-refractivity contribution in [1.82, 2.24) is 5.32 Å². The van der Waals surface area contributed by atoms with Gasteiger partial charge in [-0.15, -0.1) is 11.8 Å². The molecule has 1 aromatic heterocycles. The first-order valence-electron chi connectivity index (χ1n) is 5.96. The number of hydrogen-bond acceptors (Lipinski definition) is 3. The van der Waals surface area contributed by atoms with Crippen LogP contribution in [0.1, 0.15) is 11.3 Å². The maximum Gasteiger partial charge on any atom is 0.230 e. The summed E-state index contributed by atoms with van der Waals surface area (Å²) in [5.74, 6) is 1.15. The first kappa shape index (κ1) is 14.9. The largest absolute Gasteiger partial charge is 0.467 e. The Morgan fingerprint density at radius 1 is 1.40 bits per heavy atom. The predicted molar refractivity (Wildman–Crippen MR) is 78.1 cm³/mol. The molecule has 0 fully saturated rings. The number of amides is 1. The second-order valence-corrected chi connectivity index (χ2v) is 5.48. The zero-order valence-corrected chi connectivity index (χ0v) is 12.1. The van der Waals surface area contributed by atoms with Crippen LogP contribution in [0.5, 0.6) is 0 Å². The molecule has 106 valence electrons. The summed E-state index contributed by atoms with van der Waals surface area (Å²) in [6, 6.07) is 7.83. The number of hydrogen-bond donors (Lipinski definition) is 1. The lowest BCUT2D eigenvalue weighted by Crippen LogP contribution is -2.24. The van der Waals surface area contributed by atoms with Crippen LogP contribution in [0.15, 0.2) is 41.0 Å². The number of halogens is 2. The van der Waals surface area contributed by atoms with Crippen LogP contribution in [0.4, 0.5) is 4.39 Å². The molecule has 6 heteroatoms. The van der Waals surface area contributed by atoms with Crippen molar-refractivity contribution in [2.24, 2.45) is 0 Å². The molecule has 3 nitrogen and oxygen atoms in total. The van der Waals surface area contributed by atoms with E-state index >= 15 is 0 Å². The Kier molecular flexibility index (Phi) is 5.49. The van der Waals surface area contributed by atoms with E-state index in [-0.39, 0.29) is 11.7 Å². The standard InChI is InChI=1S/C14H13ClFNO2S/c15-13-6-11(16)4-3-10(13)8-20-9-14(18)17-7-12-2-1-5-19-12/h1-6H,7-9H2,(H,17,18). The van der Waals surface area contributed by atoms with Gasteiger partial charge in [0.2, 0.25) is 5.91 Å². The molecule has 0 radical (unpaired) electrons. The predicted octanol–water partition coefficient (Wildman–Crippen LogP) is 3.62. The van der Waals surface area contributed by atoms with Crippen molar-refractivity contribution in [3.8, 4) is 0 Å². The highest BCUT2D eigenvalue weighted by molar-refractivity contribution is 7.99. The van der Waals surface area contributed by atoms with Crippen LogP contribution >= 0.6 is 23.4 Å². The van der Waals surface area contributed by atoms with Crippen LogP contribution < -0.4 is 5.32 Å². The second kappa shape index (κ2) is 7.36. The molecule has 0 saturated heterocycles. The van der Waals surface area contributed by atoms with Gasteiger partial charge in [0.25, 0.3) is 0 Å². The molecule has 2 aromatic rings. The number of benzene rings is 1. The van der Waals surface area contributed by atoms with Gasteiger partial charge in [0.1, 0.15) is 11.6 Å². The zero-order chi connectivity index (χ0) is 14.4. The van der Waals surface area contributed by atoms with Crippen LogP contribution in [0.3, 0.4) is 0 Å². The first-order valence-corrected chi connectivity index (χ1v) is 7.49. The van der Waals surface area contributed by atoms with Gasteiger partial charge in [0.05, 0.1) is 18.6 Å². The van der Waals surface area contributed by atoms with Gasteiger partial charge in [0.15, 0.2) is 0 Å². The van der Waals surface area contributed by atoms with Gasteiger partial charge in [-0.05, 0) is 29.8 Å². The smallest absolute Gasteiger partial charge is 0.230 e. The fourth-order valence-electron chi connectivity index (χ4n) is 1.54. The van der Waals surface area contributed by atoms with Gasteiger partial charge >= 0.3 is 0 Å². The summed E-state index contributed by atoms with van der Waals surface area (Å²) in [7, 11) is 0. The summed E-state index contributed by atoms with van der Waals surface area (Å²) in [5, 5.41) is 3.13. The molecule has 0 aliphatic heterocycles. The Labute approximate surface area is 125 Å². The average molecular weight is 314 g/mol. The van der Waals surface area contributed by atoms with Crippen molar-refractivity contribution in [2.45, 2.75) is 12.3 Å². The third-order valence-electron chi connectivity index (χ3n) is 2.55. The van der Waals surface area contributed by atoms with Crippen LogP contribution in [-0.4, -0.2) is 11.7 Å². The fraction of sp³-hybridized carbons (Fsp3) is 0.214. The molecule has 1 aromatic carbocycles. The summed E-state index contributed by atoms with van der Waals surface area (Å²) >= 11 is 7.33. The molecule has 0 atom stereocenters. The lowest BCUT2D eigenvalue weighted by atomic mass is 10.2. The number of carbonyl (C=O) groups excluding carboxylic acids is 1. The average Bonchev–Trinajstić information content (AvgIpc) is 2.92. The highest BCUT2D eigenvalue weighted by Crippen LogP contribution is 2.22. The van der Waals surface area contributed by atoms with E-state index < -0.39 is 0 Å². The number of rotatable bonds is 6. The molecule has 1 N–H and O–H groups in total. The quantitative estimate of drug-likeness (QED) is 0.885.